The summed E-state index contributed by atoms with van der Waals surface area (Å²) in [5, 5.41) is 0. The van der Waals surface area contributed by atoms with E-state index < -0.39 is 56.7 Å². The van der Waals surface area contributed by atoms with Crippen LogP contribution in [0.15, 0.2) is 0 Å². The van der Waals surface area contributed by atoms with Crippen molar-refractivity contribution >= 4 is 20.2 Å². The standard InChI is InChI=1S/C6H6F6O7S2/c7-5(8,9)20(13,14)18-3-1-17-2-4(3)19-21(15,16)6(10,11)12/h3-4H,1-2H2/t3-,4+. The summed E-state index contributed by atoms with van der Waals surface area (Å²) in [6.07, 6.45) is -4.37. The molecule has 7 nitrogen and oxygen atoms in total. The van der Waals surface area contributed by atoms with Crippen LogP contribution in [0.25, 0.3) is 0 Å². The second-order valence-corrected chi connectivity index (χ2v) is 6.73. The second-order valence-electron chi connectivity index (χ2n) is 3.61. The van der Waals surface area contributed by atoms with E-state index in [-0.39, 0.29) is 0 Å². The minimum Gasteiger partial charge on any atom is -0.376 e. The van der Waals surface area contributed by atoms with Crippen LogP contribution in [-0.4, -0.2) is 53.3 Å². The Balaban J connectivity index is 2.88. The van der Waals surface area contributed by atoms with Gasteiger partial charge in [0.2, 0.25) is 0 Å². The molecule has 1 aliphatic rings. The van der Waals surface area contributed by atoms with E-state index in [2.05, 4.69) is 13.1 Å². The van der Waals surface area contributed by atoms with Crippen molar-refractivity contribution in [1.29, 1.82) is 0 Å². The summed E-state index contributed by atoms with van der Waals surface area (Å²) in [4.78, 5) is 0. The summed E-state index contributed by atoms with van der Waals surface area (Å²) in [5.41, 5.74) is -11.7. The third-order valence-corrected chi connectivity index (χ3v) is 4.18. The van der Waals surface area contributed by atoms with Crippen molar-refractivity contribution in [3.8, 4) is 0 Å². The van der Waals surface area contributed by atoms with Gasteiger partial charge >= 0.3 is 31.3 Å². The number of halogens is 6. The fraction of sp³-hybridized carbons (Fsp3) is 1.00. The first kappa shape index (κ1) is 18.4. The van der Waals surface area contributed by atoms with E-state index in [0.717, 1.165) is 0 Å². The molecule has 126 valence electrons. The van der Waals surface area contributed by atoms with Crippen molar-refractivity contribution in [3.05, 3.63) is 0 Å². The van der Waals surface area contributed by atoms with Crippen LogP contribution < -0.4 is 0 Å². The van der Waals surface area contributed by atoms with Crippen molar-refractivity contribution in [2.24, 2.45) is 0 Å². The second kappa shape index (κ2) is 5.53. The first-order valence-electron chi connectivity index (χ1n) is 4.74. The molecule has 0 aromatic carbocycles. The van der Waals surface area contributed by atoms with Gasteiger partial charge in [0.05, 0.1) is 13.2 Å². The lowest BCUT2D eigenvalue weighted by Crippen LogP contribution is -2.40. The van der Waals surface area contributed by atoms with Crippen LogP contribution in [0.1, 0.15) is 0 Å². The topological polar surface area (TPSA) is 96.0 Å². The van der Waals surface area contributed by atoms with Gasteiger partial charge in [-0.25, -0.2) is 0 Å². The third-order valence-electron chi connectivity index (χ3n) is 2.05. The average molecular weight is 368 g/mol. The molecule has 0 aliphatic carbocycles. The van der Waals surface area contributed by atoms with Crippen LogP contribution in [0.3, 0.4) is 0 Å². The van der Waals surface area contributed by atoms with E-state index >= 15 is 0 Å². The van der Waals surface area contributed by atoms with Crippen molar-refractivity contribution in [1.82, 2.24) is 0 Å². The Labute approximate surface area is 114 Å². The Morgan fingerprint density at radius 1 is 0.762 bits per heavy atom. The number of hydrogen-bond acceptors (Lipinski definition) is 7. The normalized spacial score (nSPS) is 25.2. The van der Waals surface area contributed by atoms with Crippen molar-refractivity contribution in [3.63, 3.8) is 0 Å². The number of alkyl halides is 6. The highest BCUT2D eigenvalue weighted by atomic mass is 32.2. The zero-order valence-electron chi connectivity index (χ0n) is 9.51. The molecule has 0 amide bonds. The molecule has 1 rings (SSSR count). The lowest BCUT2D eigenvalue weighted by molar-refractivity contribution is -0.0665. The SMILES string of the molecule is O=S(=O)(O[C@H]1COC[C@H]1OS(=O)(=O)C(F)(F)F)C(F)(F)F. The molecule has 0 spiro atoms. The zero-order valence-corrected chi connectivity index (χ0v) is 11.1. The number of rotatable bonds is 4. The molecule has 0 N–H and O–H groups in total. The van der Waals surface area contributed by atoms with Crippen molar-refractivity contribution in [2.75, 3.05) is 13.2 Å². The van der Waals surface area contributed by atoms with Crippen molar-refractivity contribution < 1.29 is 56.3 Å². The molecular formula is C6H6F6O7S2. The molecule has 1 saturated heterocycles. The van der Waals surface area contributed by atoms with Gasteiger partial charge in [-0.1, -0.05) is 0 Å². The summed E-state index contributed by atoms with van der Waals surface area (Å²) in [5.74, 6) is 0. The first-order valence-corrected chi connectivity index (χ1v) is 7.56. The van der Waals surface area contributed by atoms with E-state index in [1.165, 1.54) is 0 Å². The molecule has 0 saturated carbocycles. The fourth-order valence-electron chi connectivity index (χ4n) is 1.13. The summed E-state index contributed by atoms with van der Waals surface area (Å²) in [7, 11) is -12.3. The predicted molar refractivity (Wildman–Crippen MR) is 50.5 cm³/mol. The molecular weight excluding hydrogens is 362 g/mol. The maximum Gasteiger partial charge on any atom is 0.523 e. The van der Waals surface area contributed by atoms with E-state index in [4.69, 9.17) is 0 Å². The Morgan fingerprint density at radius 2 is 1.05 bits per heavy atom. The van der Waals surface area contributed by atoms with E-state index in [9.17, 15) is 43.2 Å². The first-order chi connectivity index (χ1) is 9.17. The zero-order chi connectivity index (χ0) is 16.7. The molecule has 0 aromatic heterocycles. The highest BCUT2D eigenvalue weighted by Crippen LogP contribution is 2.31. The van der Waals surface area contributed by atoms with Crippen LogP contribution in [0.4, 0.5) is 26.3 Å². The molecule has 0 aromatic rings. The summed E-state index contributed by atoms with van der Waals surface area (Å²) in [6, 6.07) is 0. The molecule has 0 unspecified atom stereocenters. The molecule has 21 heavy (non-hydrogen) atoms. The van der Waals surface area contributed by atoms with E-state index in [0.29, 0.717) is 0 Å². The number of hydrogen-bond donors (Lipinski definition) is 0. The highest BCUT2D eigenvalue weighted by Gasteiger charge is 2.53. The maximum atomic E-state index is 12.0. The van der Waals surface area contributed by atoms with Gasteiger partial charge in [0.1, 0.15) is 12.2 Å². The Kier molecular flexibility index (Phi) is 4.85. The van der Waals surface area contributed by atoms with Gasteiger partial charge in [-0.2, -0.15) is 43.2 Å². The van der Waals surface area contributed by atoms with Crippen LogP contribution in [0.2, 0.25) is 0 Å². The largest absolute Gasteiger partial charge is 0.523 e. The molecule has 0 bridgehead atoms. The van der Waals surface area contributed by atoms with Crippen LogP contribution in [-0.2, 0) is 33.3 Å². The summed E-state index contributed by atoms with van der Waals surface area (Å²) in [6.45, 7) is -1.79. The molecule has 0 radical (unpaired) electrons. The highest BCUT2D eigenvalue weighted by molar-refractivity contribution is 7.88. The number of ether oxygens (including phenoxy) is 1. The van der Waals surface area contributed by atoms with Gasteiger partial charge in [0.15, 0.2) is 0 Å². The van der Waals surface area contributed by atoms with Gasteiger partial charge in [-0.3, -0.25) is 8.37 Å². The summed E-state index contributed by atoms with van der Waals surface area (Å²) < 4.78 is 127. The lowest BCUT2D eigenvalue weighted by atomic mass is 10.3. The van der Waals surface area contributed by atoms with E-state index in [1.54, 1.807) is 0 Å². The Hall–Kier alpha value is -0.640. The predicted octanol–water partition coefficient (Wildman–Crippen LogP) is 0.486. The third kappa shape index (κ3) is 4.18. The fourth-order valence-corrected chi connectivity index (χ4v) is 2.36. The van der Waals surface area contributed by atoms with Crippen LogP contribution >= 0.6 is 0 Å². The van der Waals surface area contributed by atoms with Gasteiger partial charge < -0.3 is 4.74 Å². The minimum atomic E-state index is -6.14. The molecule has 15 heteroatoms. The molecule has 2 atom stereocenters. The average Bonchev–Trinajstić information content (AvgIpc) is 2.60. The van der Waals surface area contributed by atoms with Gasteiger partial charge in [-0.05, 0) is 0 Å². The van der Waals surface area contributed by atoms with E-state index in [1.807, 2.05) is 0 Å². The Bertz CT molecular complexity index is 524. The van der Waals surface area contributed by atoms with Crippen LogP contribution in [0.5, 0.6) is 0 Å². The van der Waals surface area contributed by atoms with Gasteiger partial charge in [0, 0.05) is 0 Å². The minimum absolute atomic E-state index is 0.895. The smallest absolute Gasteiger partial charge is 0.376 e. The lowest BCUT2D eigenvalue weighted by Gasteiger charge is -2.19. The van der Waals surface area contributed by atoms with Gasteiger partial charge in [0.25, 0.3) is 0 Å². The van der Waals surface area contributed by atoms with Gasteiger partial charge in [-0.15, -0.1) is 0 Å². The maximum absolute atomic E-state index is 12.0. The van der Waals surface area contributed by atoms with Crippen molar-refractivity contribution in [2.45, 2.75) is 23.2 Å². The summed E-state index contributed by atoms with van der Waals surface area (Å²) >= 11 is 0. The molecule has 1 heterocycles. The van der Waals surface area contributed by atoms with Crippen LogP contribution in [0, 0.1) is 0 Å². The molecule has 1 fully saturated rings. The molecule has 1 aliphatic heterocycles. The quantitative estimate of drug-likeness (QED) is 0.405. The Morgan fingerprint density at radius 3 is 1.29 bits per heavy atom. The monoisotopic (exact) mass is 368 g/mol.